The quantitative estimate of drug-likeness (QED) is 0.355. The Morgan fingerprint density at radius 2 is 1.65 bits per heavy atom. The van der Waals surface area contributed by atoms with Gasteiger partial charge in [0.1, 0.15) is 11.8 Å². The molecule has 3 aromatic carbocycles. The molecule has 4 aromatic rings. The van der Waals surface area contributed by atoms with Crippen LogP contribution in [0.1, 0.15) is 27.6 Å². The van der Waals surface area contributed by atoms with E-state index in [0.29, 0.717) is 16.7 Å². The van der Waals surface area contributed by atoms with E-state index in [-0.39, 0.29) is 11.5 Å². The molecule has 1 heterocycles. The molecule has 6 nitrogen and oxygen atoms in total. The number of carbonyl (C=O) groups is 2. The number of benzene rings is 3. The molecule has 1 unspecified atom stereocenters. The highest BCUT2D eigenvalue weighted by atomic mass is 16.6. The summed E-state index contributed by atoms with van der Waals surface area (Å²) in [5.41, 5.74) is 2.13. The fraction of sp³-hybridized carbons (Fsp3) is 0.0800. The van der Waals surface area contributed by atoms with Gasteiger partial charge in [-0.05, 0) is 18.2 Å². The molecule has 1 aromatic heterocycles. The fourth-order valence-corrected chi connectivity index (χ4v) is 3.30. The van der Waals surface area contributed by atoms with Crippen molar-refractivity contribution in [3.63, 3.8) is 0 Å². The van der Waals surface area contributed by atoms with Gasteiger partial charge < -0.3 is 14.5 Å². The zero-order chi connectivity index (χ0) is 21.6. The topological polar surface area (TPSA) is 92.2 Å². The Morgan fingerprint density at radius 3 is 2.45 bits per heavy atom. The first-order chi connectivity index (χ1) is 15.2. The Hall–Kier alpha value is -4.37. The van der Waals surface area contributed by atoms with Crippen molar-refractivity contribution in [1.82, 2.24) is 4.98 Å². The lowest BCUT2D eigenvalue weighted by Gasteiger charge is -2.17. The molecule has 0 bridgehead atoms. The van der Waals surface area contributed by atoms with Crippen molar-refractivity contribution in [3.8, 4) is 11.8 Å². The smallest absolute Gasteiger partial charge is 0.345 e. The van der Waals surface area contributed by atoms with Crippen molar-refractivity contribution in [2.24, 2.45) is 0 Å². The van der Waals surface area contributed by atoms with E-state index in [1.54, 1.807) is 54.7 Å². The minimum atomic E-state index is -1.12. The molecule has 1 N–H and O–H groups in total. The van der Waals surface area contributed by atoms with Crippen molar-refractivity contribution in [1.29, 1.82) is 5.26 Å². The van der Waals surface area contributed by atoms with Crippen LogP contribution in [0.5, 0.6) is 5.75 Å². The number of nitrogens with one attached hydrogen (secondary N) is 1. The first-order valence-electron chi connectivity index (χ1n) is 9.64. The third-order valence-electron chi connectivity index (χ3n) is 4.80. The van der Waals surface area contributed by atoms with Gasteiger partial charge in [0.05, 0.1) is 5.56 Å². The van der Waals surface area contributed by atoms with Crippen LogP contribution in [0.3, 0.4) is 0 Å². The summed E-state index contributed by atoms with van der Waals surface area (Å²) in [4.78, 5) is 29.0. The number of rotatable bonds is 7. The van der Waals surface area contributed by atoms with Crippen LogP contribution in [0.2, 0.25) is 0 Å². The van der Waals surface area contributed by atoms with Crippen molar-refractivity contribution >= 4 is 22.7 Å². The van der Waals surface area contributed by atoms with Gasteiger partial charge in [-0.15, -0.1) is 0 Å². The number of nitriles is 1. The fourth-order valence-electron chi connectivity index (χ4n) is 3.30. The van der Waals surface area contributed by atoms with E-state index in [1.807, 2.05) is 36.4 Å². The molecule has 1 atom stereocenters. The summed E-state index contributed by atoms with van der Waals surface area (Å²) in [6, 6.07) is 24.9. The van der Waals surface area contributed by atoms with Crippen molar-refractivity contribution in [3.05, 3.63) is 102 Å². The van der Waals surface area contributed by atoms with Gasteiger partial charge in [-0.3, -0.25) is 4.79 Å². The number of hydrogen-bond acceptors (Lipinski definition) is 5. The van der Waals surface area contributed by atoms with Gasteiger partial charge in [-0.1, -0.05) is 60.7 Å². The summed E-state index contributed by atoms with van der Waals surface area (Å²) < 4.78 is 11.0. The summed E-state index contributed by atoms with van der Waals surface area (Å²) in [6.45, 7) is -0.427. The van der Waals surface area contributed by atoms with Crippen LogP contribution in [-0.4, -0.2) is 23.3 Å². The van der Waals surface area contributed by atoms with E-state index in [4.69, 9.17) is 14.7 Å². The maximum absolute atomic E-state index is 13.3. The van der Waals surface area contributed by atoms with Crippen molar-refractivity contribution < 1.29 is 19.1 Å². The highest BCUT2D eigenvalue weighted by molar-refractivity contribution is 6.10. The van der Waals surface area contributed by atoms with E-state index in [2.05, 4.69) is 4.98 Å². The van der Waals surface area contributed by atoms with E-state index >= 15 is 0 Å². The highest BCUT2D eigenvalue weighted by Gasteiger charge is 2.28. The second-order valence-corrected chi connectivity index (χ2v) is 6.79. The summed E-state index contributed by atoms with van der Waals surface area (Å²) in [5.74, 6) is -0.773. The van der Waals surface area contributed by atoms with Crippen LogP contribution in [0.15, 0.2) is 85.1 Å². The lowest BCUT2D eigenvalue weighted by Crippen LogP contribution is -2.23. The largest absolute Gasteiger partial charge is 0.481 e. The number of ketones is 1. The Labute approximate surface area is 178 Å². The molecule has 152 valence electrons. The second kappa shape index (κ2) is 8.97. The first kappa shape index (κ1) is 19.9. The lowest BCUT2D eigenvalue weighted by atomic mass is 9.99. The average molecular weight is 410 g/mol. The highest BCUT2D eigenvalue weighted by Crippen LogP contribution is 2.27. The summed E-state index contributed by atoms with van der Waals surface area (Å²) >= 11 is 0. The molecule has 0 amide bonds. The van der Waals surface area contributed by atoms with Gasteiger partial charge >= 0.3 is 5.97 Å². The van der Waals surface area contributed by atoms with Gasteiger partial charge in [0.25, 0.3) is 0 Å². The van der Waals surface area contributed by atoms with Crippen molar-refractivity contribution in [2.45, 2.75) is 6.10 Å². The zero-order valence-corrected chi connectivity index (χ0v) is 16.4. The van der Waals surface area contributed by atoms with E-state index in [0.717, 1.165) is 10.9 Å². The predicted octanol–water partition coefficient (Wildman–Crippen LogP) is 4.59. The maximum Gasteiger partial charge on any atom is 0.345 e. The predicted molar refractivity (Wildman–Crippen MR) is 115 cm³/mol. The number of H-pyrrole nitrogens is 1. The normalized spacial score (nSPS) is 11.5. The summed E-state index contributed by atoms with van der Waals surface area (Å²) in [5, 5.41) is 9.90. The van der Waals surface area contributed by atoms with Crippen LogP contribution in [0, 0.1) is 11.3 Å². The second-order valence-electron chi connectivity index (χ2n) is 6.79. The monoisotopic (exact) mass is 410 g/mol. The number of aromatic nitrogens is 1. The van der Waals surface area contributed by atoms with Crippen LogP contribution in [0.25, 0.3) is 10.9 Å². The molecule has 0 fully saturated rings. The molecule has 0 aliphatic heterocycles. The van der Waals surface area contributed by atoms with E-state index < -0.39 is 18.7 Å². The number of hydrogen-bond donors (Lipinski definition) is 1. The minimum Gasteiger partial charge on any atom is -0.481 e. The molecule has 0 spiro atoms. The van der Waals surface area contributed by atoms with Crippen LogP contribution >= 0.6 is 0 Å². The SMILES string of the molecule is N#Cc1ccccc1OCC(=O)OC(C(=O)c1c[nH]c2ccccc12)c1ccccc1. The molecule has 0 saturated carbocycles. The number of ether oxygens (including phenoxy) is 2. The van der Waals surface area contributed by atoms with Crippen molar-refractivity contribution in [2.75, 3.05) is 6.61 Å². The molecule has 31 heavy (non-hydrogen) atoms. The third kappa shape index (κ3) is 4.31. The summed E-state index contributed by atoms with van der Waals surface area (Å²) in [6.07, 6.45) is 0.499. The standard InChI is InChI=1S/C25H18N2O4/c26-14-18-10-4-7-13-22(18)30-16-23(28)31-25(17-8-2-1-3-9-17)24(29)20-15-27-21-12-6-5-11-19(20)21/h1-13,15,25,27H,16H2. The molecule has 6 heteroatoms. The molecule has 0 saturated heterocycles. The van der Waals surface area contributed by atoms with Gasteiger partial charge in [0, 0.05) is 28.2 Å². The maximum atomic E-state index is 13.3. The molecule has 0 aliphatic rings. The van der Waals surface area contributed by atoms with Gasteiger partial charge in [-0.25, -0.2) is 4.79 Å². The van der Waals surface area contributed by atoms with Gasteiger partial charge in [-0.2, -0.15) is 5.26 Å². The Balaban J connectivity index is 1.57. The average Bonchev–Trinajstić information content (AvgIpc) is 3.26. The number of carbonyl (C=O) groups excluding carboxylic acids is 2. The number of Topliss-reactive ketones (excluding diaryl/α,β-unsaturated/α-hetero) is 1. The van der Waals surface area contributed by atoms with Crippen LogP contribution in [-0.2, 0) is 9.53 Å². The van der Waals surface area contributed by atoms with Crippen LogP contribution in [0.4, 0.5) is 0 Å². The van der Waals surface area contributed by atoms with Crippen LogP contribution < -0.4 is 4.74 Å². The van der Waals surface area contributed by atoms with E-state index in [1.165, 1.54) is 0 Å². The molecule has 0 radical (unpaired) electrons. The molecular formula is C25H18N2O4. The Kier molecular flexibility index (Phi) is 5.77. The van der Waals surface area contributed by atoms with Gasteiger partial charge in [0.2, 0.25) is 5.78 Å². The number of para-hydroxylation sites is 2. The van der Waals surface area contributed by atoms with E-state index in [9.17, 15) is 9.59 Å². The molecular weight excluding hydrogens is 392 g/mol. The Morgan fingerprint density at radius 1 is 0.935 bits per heavy atom. The Bertz CT molecular complexity index is 1270. The number of aromatic amines is 1. The number of nitrogens with zero attached hydrogens (tertiary/aromatic N) is 1. The third-order valence-corrected chi connectivity index (χ3v) is 4.80. The number of fused-ring (bicyclic) bond motifs is 1. The van der Waals surface area contributed by atoms with Gasteiger partial charge in [0.15, 0.2) is 12.7 Å². The molecule has 0 aliphatic carbocycles. The first-order valence-corrected chi connectivity index (χ1v) is 9.64. The molecule has 4 rings (SSSR count). The minimum absolute atomic E-state index is 0.279. The lowest BCUT2D eigenvalue weighted by molar-refractivity contribution is -0.149. The zero-order valence-electron chi connectivity index (χ0n) is 16.4. The number of esters is 1. The summed E-state index contributed by atoms with van der Waals surface area (Å²) in [7, 11) is 0.